The molecule has 1 saturated heterocycles. The van der Waals surface area contributed by atoms with Gasteiger partial charge in [-0.15, -0.1) is 0 Å². The van der Waals surface area contributed by atoms with Crippen LogP contribution in [0.2, 0.25) is 0 Å². The number of methoxy groups -OCH3 is 1. The maximum Gasteiger partial charge on any atom is 0.322 e. The Morgan fingerprint density at radius 2 is 1.96 bits per heavy atom. The van der Waals surface area contributed by atoms with Gasteiger partial charge in [0.25, 0.3) is 0 Å². The van der Waals surface area contributed by atoms with Crippen molar-refractivity contribution < 1.29 is 14.3 Å². The molecule has 0 bridgehead atoms. The van der Waals surface area contributed by atoms with Gasteiger partial charge in [0.05, 0.1) is 19.8 Å². The van der Waals surface area contributed by atoms with Gasteiger partial charge in [0, 0.05) is 24.4 Å². The number of amides is 2. The zero-order valence-corrected chi connectivity index (χ0v) is 14.5. The van der Waals surface area contributed by atoms with E-state index in [2.05, 4.69) is 5.32 Å². The first kappa shape index (κ1) is 17.3. The van der Waals surface area contributed by atoms with E-state index in [1.807, 2.05) is 54.6 Å². The monoisotopic (exact) mass is 340 g/mol. The third-order valence-corrected chi connectivity index (χ3v) is 4.31. The molecule has 5 nitrogen and oxygen atoms in total. The van der Waals surface area contributed by atoms with Gasteiger partial charge in [-0.05, 0) is 31.0 Å². The highest BCUT2D eigenvalue weighted by atomic mass is 16.5. The topological polar surface area (TPSA) is 50.8 Å². The first-order valence-electron chi connectivity index (χ1n) is 8.61. The normalized spacial score (nSPS) is 16.4. The fraction of sp³-hybridized carbons (Fsp3) is 0.350. The van der Waals surface area contributed by atoms with Gasteiger partial charge >= 0.3 is 6.03 Å². The molecule has 3 rings (SSSR count). The van der Waals surface area contributed by atoms with Crippen LogP contribution in [0.5, 0.6) is 5.75 Å². The molecule has 1 aliphatic rings. The minimum Gasteiger partial charge on any atom is -0.496 e. The van der Waals surface area contributed by atoms with E-state index in [0.717, 1.165) is 36.4 Å². The molecule has 5 heteroatoms. The molecular formula is C20H24N2O3. The summed E-state index contributed by atoms with van der Waals surface area (Å²) in [4.78, 5) is 14.6. The predicted molar refractivity (Wildman–Crippen MR) is 97.8 cm³/mol. The lowest BCUT2D eigenvalue weighted by Gasteiger charge is -2.26. The summed E-state index contributed by atoms with van der Waals surface area (Å²) in [6, 6.07) is 17.1. The van der Waals surface area contributed by atoms with E-state index in [4.69, 9.17) is 9.47 Å². The molecule has 2 aromatic rings. The highest BCUT2D eigenvalue weighted by molar-refractivity contribution is 5.89. The van der Waals surface area contributed by atoms with Crippen molar-refractivity contribution in [2.45, 2.75) is 25.5 Å². The third kappa shape index (κ3) is 4.73. The number of nitrogens with one attached hydrogen (secondary N) is 1. The zero-order chi connectivity index (χ0) is 17.5. The number of hydrogen-bond acceptors (Lipinski definition) is 3. The van der Waals surface area contributed by atoms with Crippen molar-refractivity contribution in [2.24, 2.45) is 0 Å². The summed E-state index contributed by atoms with van der Waals surface area (Å²) in [5.41, 5.74) is 1.76. The maximum atomic E-state index is 12.8. The summed E-state index contributed by atoms with van der Waals surface area (Å²) in [6.45, 7) is 1.81. The maximum absolute atomic E-state index is 12.8. The largest absolute Gasteiger partial charge is 0.496 e. The number of carbonyl (C=O) groups excluding carboxylic acids is 1. The molecule has 1 unspecified atom stereocenters. The number of nitrogens with zero attached hydrogens (tertiary/aromatic N) is 1. The molecule has 1 fully saturated rings. The van der Waals surface area contributed by atoms with Gasteiger partial charge in [-0.2, -0.15) is 0 Å². The number of carbonyl (C=O) groups is 1. The lowest BCUT2D eigenvalue weighted by molar-refractivity contribution is 0.0817. The molecule has 1 heterocycles. The highest BCUT2D eigenvalue weighted by Crippen LogP contribution is 2.22. The number of benzene rings is 2. The quantitative estimate of drug-likeness (QED) is 0.867. The second-order valence-electron chi connectivity index (χ2n) is 6.12. The fourth-order valence-electron chi connectivity index (χ4n) is 3.02. The van der Waals surface area contributed by atoms with Crippen molar-refractivity contribution in [3.05, 3.63) is 60.2 Å². The van der Waals surface area contributed by atoms with E-state index in [0.29, 0.717) is 13.1 Å². The van der Waals surface area contributed by atoms with Gasteiger partial charge in [-0.1, -0.05) is 36.4 Å². The van der Waals surface area contributed by atoms with E-state index in [9.17, 15) is 4.79 Å². The summed E-state index contributed by atoms with van der Waals surface area (Å²) >= 11 is 0. The van der Waals surface area contributed by atoms with Crippen molar-refractivity contribution in [3.8, 4) is 5.75 Å². The zero-order valence-electron chi connectivity index (χ0n) is 14.5. The van der Waals surface area contributed by atoms with Crippen LogP contribution < -0.4 is 10.1 Å². The summed E-state index contributed by atoms with van der Waals surface area (Å²) < 4.78 is 11.1. The molecule has 0 radical (unpaired) electrons. The second kappa shape index (κ2) is 8.53. The number of urea groups is 1. The van der Waals surface area contributed by atoms with E-state index < -0.39 is 0 Å². The highest BCUT2D eigenvalue weighted by Gasteiger charge is 2.23. The van der Waals surface area contributed by atoms with Crippen molar-refractivity contribution in [1.82, 2.24) is 4.90 Å². The molecular weight excluding hydrogens is 316 g/mol. The van der Waals surface area contributed by atoms with E-state index in [1.165, 1.54) is 0 Å². The average molecular weight is 340 g/mol. The predicted octanol–water partition coefficient (Wildman–Crippen LogP) is 3.91. The van der Waals surface area contributed by atoms with E-state index in [1.54, 1.807) is 12.0 Å². The van der Waals surface area contributed by atoms with Gasteiger partial charge < -0.3 is 19.7 Å². The molecule has 0 aliphatic carbocycles. The Bertz CT molecular complexity index is 684. The molecule has 132 valence electrons. The molecule has 25 heavy (non-hydrogen) atoms. The SMILES string of the molecule is COc1ccccc1CN(CC1CCCO1)C(=O)Nc1ccccc1. The minimum absolute atomic E-state index is 0.0937. The van der Waals surface area contributed by atoms with Crippen molar-refractivity contribution in [2.75, 3.05) is 25.6 Å². The van der Waals surface area contributed by atoms with Crippen molar-refractivity contribution in [1.29, 1.82) is 0 Å². The van der Waals surface area contributed by atoms with Crippen LogP contribution in [0, 0.1) is 0 Å². The van der Waals surface area contributed by atoms with Crippen LogP contribution in [0.3, 0.4) is 0 Å². The number of rotatable bonds is 6. The first-order chi connectivity index (χ1) is 12.3. The molecule has 0 spiro atoms. The minimum atomic E-state index is -0.132. The van der Waals surface area contributed by atoms with Gasteiger partial charge in [-0.3, -0.25) is 0 Å². The Hall–Kier alpha value is -2.53. The molecule has 1 atom stereocenters. The summed E-state index contributed by atoms with van der Waals surface area (Å²) in [5, 5.41) is 2.96. The van der Waals surface area contributed by atoms with Crippen molar-refractivity contribution >= 4 is 11.7 Å². The molecule has 0 saturated carbocycles. The Balaban J connectivity index is 1.75. The summed E-state index contributed by atoms with van der Waals surface area (Å²) in [5.74, 6) is 0.785. The molecule has 1 aliphatic heterocycles. The van der Waals surface area contributed by atoms with E-state index >= 15 is 0 Å². The molecule has 1 N–H and O–H groups in total. The third-order valence-electron chi connectivity index (χ3n) is 4.31. The lowest BCUT2D eigenvalue weighted by atomic mass is 10.1. The van der Waals surface area contributed by atoms with Gasteiger partial charge in [0.15, 0.2) is 0 Å². The average Bonchev–Trinajstić information content (AvgIpc) is 3.15. The molecule has 2 aromatic carbocycles. The van der Waals surface area contributed by atoms with Gasteiger partial charge in [-0.25, -0.2) is 4.79 Å². The number of ether oxygens (including phenoxy) is 2. The van der Waals surface area contributed by atoms with Crippen LogP contribution in [0.4, 0.5) is 10.5 Å². The van der Waals surface area contributed by atoms with Crippen molar-refractivity contribution in [3.63, 3.8) is 0 Å². The standard InChI is InChI=1S/C20H24N2O3/c1-24-19-12-6-5-8-16(19)14-22(15-18-11-7-13-25-18)20(23)21-17-9-3-2-4-10-17/h2-6,8-10,12,18H,7,11,13-15H2,1H3,(H,21,23). The van der Waals surface area contributed by atoms with Crippen LogP contribution in [-0.4, -0.2) is 37.3 Å². The Morgan fingerprint density at radius 1 is 1.20 bits per heavy atom. The van der Waals surface area contributed by atoms with Crippen LogP contribution in [0.15, 0.2) is 54.6 Å². The number of anilines is 1. The Labute approximate surface area is 148 Å². The number of hydrogen-bond donors (Lipinski definition) is 1. The number of para-hydroxylation sites is 2. The summed E-state index contributed by atoms with van der Waals surface area (Å²) in [6.07, 6.45) is 2.13. The smallest absolute Gasteiger partial charge is 0.322 e. The first-order valence-corrected chi connectivity index (χ1v) is 8.61. The summed E-state index contributed by atoms with van der Waals surface area (Å²) in [7, 11) is 1.65. The second-order valence-corrected chi connectivity index (χ2v) is 6.12. The van der Waals surface area contributed by atoms with Gasteiger partial charge in [0.1, 0.15) is 5.75 Å². The van der Waals surface area contributed by atoms with Crippen LogP contribution >= 0.6 is 0 Å². The lowest BCUT2D eigenvalue weighted by Crippen LogP contribution is -2.39. The Kier molecular flexibility index (Phi) is 5.90. The molecule has 0 aromatic heterocycles. The van der Waals surface area contributed by atoms with Crippen LogP contribution in [-0.2, 0) is 11.3 Å². The van der Waals surface area contributed by atoms with Gasteiger partial charge in [0.2, 0.25) is 0 Å². The molecule has 2 amide bonds. The fourth-order valence-corrected chi connectivity index (χ4v) is 3.02. The van der Waals surface area contributed by atoms with Crippen LogP contribution in [0.25, 0.3) is 0 Å². The van der Waals surface area contributed by atoms with E-state index in [-0.39, 0.29) is 12.1 Å². The Morgan fingerprint density at radius 3 is 2.68 bits per heavy atom. The van der Waals surface area contributed by atoms with Crippen LogP contribution in [0.1, 0.15) is 18.4 Å².